The minimum atomic E-state index is -0.494. The molecule has 0 N–H and O–H groups in total. The Hall–Kier alpha value is -5.98. The molecule has 68 heavy (non-hydrogen) atoms. The van der Waals surface area contributed by atoms with Crippen molar-refractivity contribution in [3.8, 4) is 34.5 Å². The molecular formula is C55H70O13. The number of esters is 5. The first-order valence-corrected chi connectivity index (χ1v) is 24.9. The maximum absolute atomic E-state index is 13.2. The average Bonchev–Trinajstić information content (AvgIpc) is 3.36. The smallest absolute Gasteiger partial charge is 0.330 e. The monoisotopic (exact) mass is 938 g/mol. The minimum absolute atomic E-state index is 0.0592. The van der Waals surface area contributed by atoms with Gasteiger partial charge in [-0.3, -0.25) is 24.0 Å². The van der Waals surface area contributed by atoms with E-state index in [1.165, 1.54) is 56.4 Å². The van der Waals surface area contributed by atoms with Gasteiger partial charge in [-0.1, -0.05) is 77.7 Å². The molecule has 0 saturated heterocycles. The summed E-state index contributed by atoms with van der Waals surface area (Å²) in [6, 6.07) is 18.3. The molecule has 13 heteroatoms. The molecule has 5 rings (SSSR count). The quantitative estimate of drug-likeness (QED) is 0.0212. The second kappa shape index (κ2) is 29.7. The molecule has 3 aromatic rings. The first kappa shape index (κ1) is 53.0. The molecule has 0 spiro atoms. The van der Waals surface area contributed by atoms with Crippen LogP contribution >= 0.6 is 0 Å². The Morgan fingerprint density at radius 2 is 0.824 bits per heavy atom. The molecule has 0 atom stereocenters. The molecule has 368 valence electrons. The van der Waals surface area contributed by atoms with E-state index in [0.29, 0.717) is 94.7 Å². The first-order chi connectivity index (χ1) is 33.1. The topological polar surface area (TPSA) is 167 Å². The van der Waals surface area contributed by atoms with E-state index in [1.54, 1.807) is 48.5 Å². The van der Waals surface area contributed by atoms with Gasteiger partial charge in [-0.05, 0) is 137 Å². The summed E-state index contributed by atoms with van der Waals surface area (Å²) in [4.78, 5) is 75.3. The average molecular weight is 939 g/mol. The summed E-state index contributed by atoms with van der Waals surface area (Å²) in [5.74, 6) is -1.12. The number of benzene rings is 3. The van der Waals surface area contributed by atoms with Crippen LogP contribution in [0.15, 0.2) is 79.4 Å². The van der Waals surface area contributed by atoms with E-state index < -0.39 is 23.8 Å². The van der Waals surface area contributed by atoms with Crippen molar-refractivity contribution in [2.75, 3.05) is 19.8 Å². The van der Waals surface area contributed by atoms with Crippen LogP contribution < -0.4 is 28.4 Å². The summed E-state index contributed by atoms with van der Waals surface area (Å²) >= 11 is 0. The maximum atomic E-state index is 13.2. The van der Waals surface area contributed by atoms with Crippen LogP contribution in [-0.4, -0.2) is 56.0 Å². The Labute approximate surface area is 401 Å². The van der Waals surface area contributed by atoms with Crippen LogP contribution in [0.1, 0.15) is 152 Å². The van der Waals surface area contributed by atoms with Gasteiger partial charge in [0.2, 0.25) is 0 Å². The predicted octanol–water partition coefficient (Wildman–Crippen LogP) is 11.7. The number of unbranched alkanes of at least 4 members (excludes halogenated alkanes) is 11. The van der Waals surface area contributed by atoms with E-state index in [2.05, 4.69) is 13.5 Å². The molecule has 0 unspecified atom stereocenters. The summed E-state index contributed by atoms with van der Waals surface area (Å²) in [6.45, 7) is 7.26. The molecule has 0 aliphatic heterocycles. The van der Waals surface area contributed by atoms with Gasteiger partial charge in [-0.25, -0.2) is 4.79 Å². The predicted molar refractivity (Wildman–Crippen MR) is 256 cm³/mol. The van der Waals surface area contributed by atoms with Gasteiger partial charge in [0, 0.05) is 6.08 Å². The number of carbonyl (C=O) groups is 6. The van der Waals surface area contributed by atoms with Crippen molar-refractivity contribution in [1.29, 1.82) is 0 Å². The van der Waals surface area contributed by atoms with Crippen LogP contribution in [0.4, 0.5) is 0 Å². The molecule has 2 saturated carbocycles. The number of ether oxygens (including phenoxy) is 7. The highest BCUT2D eigenvalue weighted by molar-refractivity contribution is 5.85. The third kappa shape index (κ3) is 18.6. The van der Waals surface area contributed by atoms with Crippen LogP contribution in [0.2, 0.25) is 0 Å². The molecule has 13 nitrogen and oxygen atoms in total. The van der Waals surface area contributed by atoms with E-state index >= 15 is 0 Å². The van der Waals surface area contributed by atoms with Crippen LogP contribution in [0.3, 0.4) is 0 Å². The van der Waals surface area contributed by atoms with Gasteiger partial charge in [0.25, 0.3) is 0 Å². The lowest BCUT2D eigenvalue weighted by Crippen LogP contribution is -2.30. The van der Waals surface area contributed by atoms with Crippen molar-refractivity contribution in [3.63, 3.8) is 0 Å². The van der Waals surface area contributed by atoms with E-state index in [-0.39, 0.29) is 46.8 Å². The van der Waals surface area contributed by atoms with Crippen molar-refractivity contribution < 1.29 is 61.9 Å². The van der Waals surface area contributed by atoms with Gasteiger partial charge in [0.15, 0.2) is 6.29 Å². The number of carbonyl (C=O) groups excluding carboxylic acids is 6. The molecule has 0 heterocycles. The Morgan fingerprint density at radius 1 is 0.471 bits per heavy atom. The fraction of sp³-hybridized carbons (Fsp3) is 0.527. The third-order valence-electron chi connectivity index (χ3n) is 12.6. The summed E-state index contributed by atoms with van der Waals surface area (Å²) in [7, 11) is 0. The Balaban J connectivity index is 0.942. The van der Waals surface area contributed by atoms with Gasteiger partial charge in [0.1, 0.15) is 34.5 Å². The van der Waals surface area contributed by atoms with Crippen molar-refractivity contribution in [2.24, 2.45) is 23.7 Å². The summed E-state index contributed by atoms with van der Waals surface area (Å²) in [5, 5.41) is 0. The van der Waals surface area contributed by atoms with Gasteiger partial charge < -0.3 is 33.2 Å². The molecule has 3 aromatic carbocycles. The largest absolute Gasteiger partial charge is 0.494 e. The lowest BCUT2D eigenvalue weighted by molar-refractivity contribution is -0.145. The SMILES string of the molecule is C=CC(=O)OCCCCCCCCOc1ccc(OC(=O)[C@H]2CC[C@H](C(=O)Oc3ccc(OC(=O)[C@H]4CC[C@H](C(=O)Oc5ccc(OCCCCCCCCC)cc5)CC4)c(C=O)c3)CC2)cc1. The lowest BCUT2D eigenvalue weighted by Gasteiger charge is -2.26. The zero-order valence-electron chi connectivity index (χ0n) is 39.8. The molecule has 2 aliphatic carbocycles. The van der Waals surface area contributed by atoms with Gasteiger partial charge in [0.05, 0.1) is 49.1 Å². The zero-order valence-corrected chi connectivity index (χ0v) is 39.8. The van der Waals surface area contributed by atoms with Crippen molar-refractivity contribution in [2.45, 2.75) is 142 Å². The number of hydrogen-bond acceptors (Lipinski definition) is 13. The van der Waals surface area contributed by atoms with Crippen LogP contribution in [0.25, 0.3) is 0 Å². The Bertz CT molecular complexity index is 2040. The summed E-state index contributed by atoms with van der Waals surface area (Å²) in [5.41, 5.74) is 0.0616. The fourth-order valence-electron chi connectivity index (χ4n) is 8.48. The molecule has 0 bridgehead atoms. The van der Waals surface area contributed by atoms with Crippen molar-refractivity contribution in [3.05, 3.63) is 84.9 Å². The minimum Gasteiger partial charge on any atom is -0.494 e. The van der Waals surface area contributed by atoms with E-state index in [1.807, 2.05) is 0 Å². The van der Waals surface area contributed by atoms with Gasteiger partial charge in [-0.2, -0.15) is 0 Å². The second-order valence-corrected chi connectivity index (χ2v) is 17.9. The first-order valence-electron chi connectivity index (χ1n) is 24.9. The fourth-order valence-corrected chi connectivity index (χ4v) is 8.48. The van der Waals surface area contributed by atoms with Crippen molar-refractivity contribution >= 4 is 36.1 Å². The second-order valence-electron chi connectivity index (χ2n) is 17.9. The third-order valence-corrected chi connectivity index (χ3v) is 12.6. The van der Waals surface area contributed by atoms with E-state index in [4.69, 9.17) is 33.2 Å². The number of rotatable bonds is 29. The maximum Gasteiger partial charge on any atom is 0.330 e. The van der Waals surface area contributed by atoms with Crippen LogP contribution in [0.5, 0.6) is 34.5 Å². The number of aldehydes is 1. The molecule has 0 aromatic heterocycles. The lowest BCUT2D eigenvalue weighted by atomic mass is 9.82. The number of hydrogen-bond donors (Lipinski definition) is 0. The normalized spacial score (nSPS) is 17.8. The highest BCUT2D eigenvalue weighted by Gasteiger charge is 2.34. The summed E-state index contributed by atoms with van der Waals surface area (Å²) in [6.07, 6.45) is 19.8. The van der Waals surface area contributed by atoms with Gasteiger partial charge >= 0.3 is 29.8 Å². The Kier molecular flexibility index (Phi) is 23.1. The van der Waals surface area contributed by atoms with Crippen LogP contribution in [-0.2, 0) is 28.7 Å². The van der Waals surface area contributed by atoms with E-state index in [9.17, 15) is 28.8 Å². The van der Waals surface area contributed by atoms with Crippen molar-refractivity contribution in [1.82, 2.24) is 0 Å². The standard InChI is InChI=1S/C55H70O13/c1-3-5-6-7-8-11-14-35-62-45-25-31-48(32-26-45)66-53(59)41-21-23-43(24-22-41)55(61)68-50-34-33-49(38-44(50)39-56)67-54(60)42-19-17-40(18-20-42)52(58)65-47-29-27-46(28-30-47)63-36-15-12-9-10-13-16-37-64-51(57)4-2/h4,25-34,38-43H,2-3,5-24,35-37H2,1H3/t40-,41-,42-,43-. The summed E-state index contributed by atoms with van der Waals surface area (Å²) < 4.78 is 39.2. The zero-order chi connectivity index (χ0) is 48.4. The van der Waals surface area contributed by atoms with Crippen LogP contribution in [0, 0.1) is 23.7 Å². The molecule has 2 fully saturated rings. The van der Waals surface area contributed by atoms with E-state index in [0.717, 1.165) is 57.1 Å². The van der Waals surface area contributed by atoms with Gasteiger partial charge in [-0.15, -0.1) is 0 Å². The Morgan fingerprint density at radius 3 is 1.24 bits per heavy atom. The highest BCUT2D eigenvalue weighted by atomic mass is 16.6. The molecule has 2 aliphatic rings. The highest BCUT2D eigenvalue weighted by Crippen LogP contribution is 2.35. The molecule has 0 amide bonds. The molecule has 0 radical (unpaired) electrons. The molecular weight excluding hydrogens is 869 g/mol.